The number of fused-ring (bicyclic) bond motifs is 3. The first-order valence-corrected chi connectivity index (χ1v) is 14.6. The molecule has 1 aromatic heterocycles. The van der Waals surface area contributed by atoms with Gasteiger partial charge in [-0.1, -0.05) is 127 Å². The van der Waals surface area contributed by atoms with Gasteiger partial charge in [0.2, 0.25) is 0 Å². The molecule has 0 aliphatic heterocycles. The number of benzene rings is 8. The first-order chi connectivity index (χ1) is 20.7. The van der Waals surface area contributed by atoms with E-state index in [1.165, 1.54) is 87.6 Å². The lowest BCUT2D eigenvalue weighted by molar-refractivity contribution is 1.18. The zero-order chi connectivity index (χ0) is 27.8. The molecule has 0 aliphatic carbocycles. The normalized spacial score (nSPS) is 11.9. The van der Waals surface area contributed by atoms with Crippen molar-refractivity contribution in [2.24, 2.45) is 0 Å². The Balaban J connectivity index is 1.23. The van der Waals surface area contributed by atoms with Crippen LogP contribution in [0.1, 0.15) is 5.56 Å². The predicted octanol–water partition coefficient (Wildman–Crippen LogP) is 11.3. The van der Waals surface area contributed by atoms with E-state index in [2.05, 4.69) is 157 Å². The van der Waals surface area contributed by atoms with E-state index in [1.54, 1.807) is 0 Å². The minimum Gasteiger partial charge on any atom is -0.309 e. The molecular formula is C41H27N. The molecule has 0 saturated carbocycles. The molecule has 0 saturated heterocycles. The van der Waals surface area contributed by atoms with Crippen LogP contribution in [0.25, 0.3) is 82.1 Å². The van der Waals surface area contributed by atoms with Crippen molar-refractivity contribution in [2.45, 2.75) is 6.92 Å². The van der Waals surface area contributed by atoms with Gasteiger partial charge in [-0.3, -0.25) is 0 Å². The van der Waals surface area contributed by atoms with Gasteiger partial charge in [-0.05, 0) is 85.8 Å². The summed E-state index contributed by atoms with van der Waals surface area (Å²) >= 11 is 0. The zero-order valence-corrected chi connectivity index (χ0v) is 23.3. The molecule has 0 aliphatic rings. The molecule has 0 N–H and O–H groups in total. The summed E-state index contributed by atoms with van der Waals surface area (Å²) in [5.74, 6) is 0. The van der Waals surface area contributed by atoms with Crippen molar-refractivity contribution in [2.75, 3.05) is 0 Å². The first-order valence-electron chi connectivity index (χ1n) is 14.6. The molecule has 0 bridgehead atoms. The summed E-state index contributed by atoms with van der Waals surface area (Å²) in [4.78, 5) is 0. The standard InChI is InChI=1S/C41H27N/c1-26-10-12-27(13-11-26)32-22-18-29-14-15-30-19-23-33(37-25-24-36(32)40(29)41(30)37)28-16-20-31(21-17-28)42-38-8-4-2-6-34(38)35-7-3-5-9-39(35)42/h2-25H,1H3. The molecule has 0 unspecified atom stereocenters. The average molecular weight is 534 g/mol. The van der Waals surface area contributed by atoms with Gasteiger partial charge < -0.3 is 4.57 Å². The summed E-state index contributed by atoms with van der Waals surface area (Å²) in [5.41, 5.74) is 9.99. The van der Waals surface area contributed by atoms with E-state index >= 15 is 0 Å². The lowest BCUT2D eigenvalue weighted by atomic mass is 9.87. The molecule has 0 amide bonds. The van der Waals surface area contributed by atoms with E-state index in [-0.39, 0.29) is 0 Å². The van der Waals surface area contributed by atoms with Crippen LogP contribution < -0.4 is 0 Å². The van der Waals surface area contributed by atoms with Gasteiger partial charge in [0.05, 0.1) is 11.0 Å². The van der Waals surface area contributed by atoms with Crippen LogP contribution in [0.3, 0.4) is 0 Å². The molecule has 9 aromatic rings. The van der Waals surface area contributed by atoms with Crippen LogP contribution in [-0.2, 0) is 0 Å². The molecule has 1 heterocycles. The molecule has 9 rings (SSSR count). The topological polar surface area (TPSA) is 4.93 Å². The second kappa shape index (κ2) is 8.80. The number of para-hydroxylation sites is 2. The minimum absolute atomic E-state index is 1.18. The Hall–Kier alpha value is -5.40. The van der Waals surface area contributed by atoms with Crippen LogP contribution >= 0.6 is 0 Å². The summed E-state index contributed by atoms with van der Waals surface area (Å²) in [6.07, 6.45) is 0. The van der Waals surface area contributed by atoms with E-state index in [0.717, 1.165) is 0 Å². The Labute approximate surface area is 244 Å². The summed E-state index contributed by atoms with van der Waals surface area (Å²) in [6, 6.07) is 53.7. The lowest BCUT2D eigenvalue weighted by Gasteiger charge is -2.17. The number of aryl methyl sites for hydroxylation is 1. The third-order valence-corrected chi connectivity index (χ3v) is 9.04. The Morgan fingerprint density at radius 3 is 1.36 bits per heavy atom. The summed E-state index contributed by atoms with van der Waals surface area (Å²) in [6.45, 7) is 2.14. The van der Waals surface area contributed by atoms with Crippen molar-refractivity contribution < 1.29 is 0 Å². The Bertz CT molecular complexity index is 2390. The first kappa shape index (κ1) is 23.3. The zero-order valence-electron chi connectivity index (χ0n) is 23.3. The molecule has 1 heteroatoms. The van der Waals surface area contributed by atoms with Crippen molar-refractivity contribution in [1.29, 1.82) is 0 Å². The van der Waals surface area contributed by atoms with Gasteiger partial charge >= 0.3 is 0 Å². The molecule has 0 radical (unpaired) electrons. The predicted molar refractivity (Wildman–Crippen MR) is 180 cm³/mol. The van der Waals surface area contributed by atoms with Gasteiger partial charge in [-0.2, -0.15) is 0 Å². The van der Waals surface area contributed by atoms with Gasteiger partial charge in [0, 0.05) is 16.5 Å². The highest BCUT2D eigenvalue weighted by molar-refractivity contribution is 6.27. The number of nitrogens with zero attached hydrogens (tertiary/aromatic N) is 1. The molecule has 0 spiro atoms. The van der Waals surface area contributed by atoms with Gasteiger partial charge in [0.15, 0.2) is 0 Å². The highest BCUT2D eigenvalue weighted by Crippen LogP contribution is 2.42. The molecular weight excluding hydrogens is 506 g/mol. The fourth-order valence-electron chi connectivity index (χ4n) is 7.03. The lowest BCUT2D eigenvalue weighted by Crippen LogP contribution is -1.94. The van der Waals surface area contributed by atoms with Crippen molar-refractivity contribution in [3.05, 3.63) is 151 Å². The van der Waals surface area contributed by atoms with Crippen molar-refractivity contribution in [1.82, 2.24) is 4.57 Å². The summed E-state index contributed by atoms with van der Waals surface area (Å²) in [5, 5.41) is 10.5. The maximum Gasteiger partial charge on any atom is 0.0541 e. The van der Waals surface area contributed by atoms with Crippen molar-refractivity contribution in [3.8, 4) is 27.9 Å². The molecule has 1 nitrogen and oxygen atoms in total. The fourth-order valence-corrected chi connectivity index (χ4v) is 7.03. The van der Waals surface area contributed by atoms with Gasteiger partial charge in [-0.15, -0.1) is 0 Å². The van der Waals surface area contributed by atoms with Crippen LogP contribution in [0.2, 0.25) is 0 Å². The monoisotopic (exact) mass is 533 g/mol. The minimum atomic E-state index is 1.18. The van der Waals surface area contributed by atoms with Crippen LogP contribution in [0.4, 0.5) is 0 Å². The Kier molecular flexibility index (Phi) is 4.88. The second-order valence-corrected chi connectivity index (χ2v) is 11.4. The SMILES string of the molecule is Cc1ccc(-c2ccc3ccc4ccc(-c5ccc(-n6c7ccccc7c7ccccc76)cc5)c5ccc2c3c45)cc1. The van der Waals surface area contributed by atoms with E-state index in [4.69, 9.17) is 0 Å². The fraction of sp³-hybridized carbons (Fsp3) is 0.0244. The largest absolute Gasteiger partial charge is 0.309 e. The van der Waals surface area contributed by atoms with Crippen molar-refractivity contribution in [3.63, 3.8) is 0 Å². The molecule has 0 fully saturated rings. The number of hydrogen-bond acceptors (Lipinski definition) is 0. The third kappa shape index (κ3) is 3.31. The maximum absolute atomic E-state index is 2.38. The van der Waals surface area contributed by atoms with E-state index in [0.29, 0.717) is 0 Å². The molecule has 42 heavy (non-hydrogen) atoms. The summed E-state index contributed by atoms with van der Waals surface area (Å²) < 4.78 is 2.38. The number of hydrogen-bond donors (Lipinski definition) is 0. The van der Waals surface area contributed by atoms with E-state index in [1.807, 2.05) is 0 Å². The molecule has 0 atom stereocenters. The Morgan fingerprint density at radius 1 is 0.381 bits per heavy atom. The molecule has 8 aromatic carbocycles. The highest BCUT2D eigenvalue weighted by atomic mass is 15.0. The van der Waals surface area contributed by atoms with Crippen LogP contribution in [0.15, 0.2) is 146 Å². The van der Waals surface area contributed by atoms with E-state index in [9.17, 15) is 0 Å². The molecule has 196 valence electrons. The van der Waals surface area contributed by atoms with Crippen molar-refractivity contribution >= 4 is 54.1 Å². The average Bonchev–Trinajstić information content (AvgIpc) is 3.38. The quantitative estimate of drug-likeness (QED) is 0.199. The van der Waals surface area contributed by atoms with Gasteiger partial charge in [0.25, 0.3) is 0 Å². The smallest absolute Gasteiger partial charge is 0.0541 e. The second-order valence-electron chi connectivity index (χ2n) is 11.4. The van der Waals surface area contributed by atoms with Gasteiger partial charge in [0.1, 0.15) is 0 Å². The maximum atomic E-state index is 2.38. The highest BCUT2D eigenvalue weighted by Gasteiger charge is 2.16. The number of aromatic nitrogens is 1. The van der Waals surface area contributed by atoms with E-state index < -0.39 is 0 Å². The third-order valence-electron chi connectivity index (χ3n) is 9.04. The Morgan fingerprint density at radius 2 is 0.833 bits per heavy atom. The van der Waals surface area contributed by atoms with Crippen LogP contribution in [-0.4, -0.2) is 4.57 Å². The number of rotatable bonds is 3. The van der Waals surface area contributed by atoms with Crippen LogP contribution in [0, 0.1) is 6.92 Å². The van der Waals surface area contributed by atoms with Crippen LogP contribution in [0.5, 0.6) is 0 Å². The summed E-state index contributed by atoms with van der Waals surface area (Å²) in [7, 11) is 0. The van der Waals surface area contributed by atoms with Gasteiger partial charge in [-0.25, -0.2) is 0 Å².